The van der Waals surface area contributed by atoms with E-state index in [-0.39, 0.29) is 0 Å². The molecule has 1 nitrogen and oxygen atoms in total. The average molecular weight is 191 g/mol. The number of likely N-dealkylation sites (tertiary alicyclic amines) is 1. The minimum atomic E-state index is 0.937. The fourth-order valence-corrected chi connectivity index (χ4v) is 2.39. The minimum absolute atomic E-state index is 0.937. The van der Waals surface area contributed by atoms with Crippen molar-refractivity contribution in [2.45, 2.75) is 39.5 Å². The van der Waals surface area contributed by atoms with E-state index in [1.807, 2.05) is 0 Å². The molecule has 1 saturated heterocycles. The van der Waals surface area contributed by atoms with Crippen LogP contribution in [-0.2, 0) is 0 Å². The summed E-state index contributed by atoms with van der Waals surface area (Å²) >= 11 is 0. The molecule has 1 heteroatoms. The molecule has 1 fully saturated rings. The van der Waals surface area contributed by atoms with Crippen molar-refractivity contribution >= 4 is 0 Å². The van der Waals surface area contributed by atoms with E-state index in [0.717, 1.165) is 5.92 Å². The molecule has 0 atom stereocenters. The molecule has 0 bridgehead atoms. The van der Waals surface area contributed by atoms with Crippen LogP contribution < -0.4 is 0 Å². The third-order valence-electron chi connectivity index (χ3n) is 3.45. The summed E-state index contributed by atoms with van der Waals surface area (Å²) in [5.74, 6) is 0.937. The number of rotatable bonds is 1. The molecule has 0 radical (unpaired) electrons. The van der Waals surface area contributed by atoms with E-state index in [0.29, 0.717) is 0 Å². The fraction of sp³-hybridized carbons (Fsp3) is 0.692. The van der Waals surface area contributed by atoms with Gasteiger partial charge in [0.1, 0.15) is 0 Å². The second-order valence-electron chi connectivity index (χ2n) is 4.79. The highest BCUT2D eigenvalue weighted by Crippen LogP contribution is 2.25. The van der Waals surface area contributed by atoms with E-state index in [2.05, 4.69) is 30.9 Å². The molecule has 0 N–H and O–H groups in total. The monoisotopic (exact) mass is 191 g/mol. The maximum Gasteiger partial charge on any atom is 0.0177 e. The predicted molar refractivity (Wildman–Crippen MR) is 61.0 cm³/mol. The molecule has 1 heterocycles. The Morgan fingerprint density at radius 2 is 2.00 bits per heavy atom. The second kappa shape index (κ2) is 4.20. The van der Waals surface area contributed by atoms with Crippen molar-refractivity contribution in [3.8, 4) is 0 Å². The second-order valence-corrected chi connectivity index (χ2v) is 4.79. The molecular formula is C13H21N. The van der Waals surface area contributed by atoms with Gasteiger partial charge >= 0.3 is 0 Å². The van der Waals surface area contributed by atoms with Gasteiger partial charge < -0.3 is 4.90 Å². The number of allylic oxidation sites excluding steroid dienone is 4. The predicted octanol–water partition coefficient (Wildman–Crippen LogP) is 3.34. The number of hydrogen-bond acceptors (Lipinski definition) is 1. The zero-order valence-electron chi connectivity index (χ0n) is 9.42. The highest BCUT2D eigenvalue weighted by Gasteiger charge is 2.18. The third kappa shape index (κ3) is 2.20. The zero-order valence-corrected chi connectivity index (χ0v) is 9.42. The Bertz CT molecular complexity index is 254. The van der Waals surface area contributed by atoms with Crippen LogP contribution in [0.1, 0.15) is 39.5 Å². The Labute approximate surface area is 87.5 Å². The van der Waals surface area contributed by atoms with Gasteiger partial charge in [0.2, 0.25) is 0 Å². The first kappa shape index (κ1) is 9.82. The van der Waals surface area contributed by atoms with Crippen LogP contribution in [0.5, 0.6) is 0 Å². The summed E-state index contributed by atoms with van der Waals surface area (Å²) in [6.45, 7) is 7.14. The SMILES string of the molecule is CC1=CCCC(N2CCC(C)CC2)=C1. The van der Waals surface area contributed by atoms with Gasteiger partial charge in [-0.1, -0.05) is 18.6 Å². The van der Waals surface area contributed by atoms with Crippen LogP contribution >= 0.6 is 0 Å². The summed E-state index contributed by atoms with van der Waals surface area (Å²) < 4.78 is 0. The van der Waals surface area contributed by atoms with E-state index >= 15 is 0 Å². The van der Waals surface area contributed by atoms with Crippen molar-refractivity contribution in [3.63, 3.8) is 0 Å². The Kier molecular flexibility index (Phi) is 2.95. The highest BCUT2D eigenvalue weighted by atomic mass is 15.1. The molecule has 0 aromatic rings. The van der Waals surface area contributed by atoms with Crippen molar-refractivity contribution in [1.29, 1.82) is 0 Å². The molecule has 2 aliphatic rings. The topological polar surface area (TPSA) is 3.24 Å². The van der Waals surface area contributed by atoms with E-state index in [9.17, 15) is 0 Å². The molecule has 0 aromatic carbocycles. The molecule has 0 aromatic heterocycles. The van der Waals surface area contributed by atoms with Crippen molar-refractivity contribution in [2.75, 3.05) is 13.1 Å². The Morgan fingerprint density at radius 3 is 2.64 bits per heavy atom. The van der Waals surface area contributed by atoms with Crippen molar-refractivity contribution in [2.24, 2.45) is 5.92 Å². The number of nitrogens with zero attached hydrogens (tertiary/aromatic N) is 1. The summed E-state index contributed by atoms with van der Waals surface area (Å²) in [7, 11) is 0. The van der Waals surface area contributed by atoms with Crippen LogP contribution in [0, 0.1) is 5.92 Å². The first-order valence-corrected chi connectivity index (χ1v) is 5.88. The molecule has 0 amide bonds. The first-order chi connectivity index (χ1) is 6.75. The lowest BCUT2D eigenvalue weighted by Crippen LogP contribution is -2.32. The first-order valence-electron chi connectivity index (χ1n) is 5.88. The van der Waals surface area contributed by atoms with Crippen molar-refractivity contribution in [1.82, 2.24) is 4.90 Å². The Morgan fingerprint density at radius 1 is 1.29 bits per heavy atom. The lowest BCUT2D eigenvalue weighted by Gasteiger charge is -2.35. The molecule has 1 aliphatic carbocycles. The summed E-state index contributed by atoms with van der Waals surface area (Å²) in [6.07, 6.45) is 9.96. The molecule has 14 heavy (non-hydrogen) atoms. The zero-order chi connectivity index (χ0) is 9.97. The van der Waals surface area contributed by atoms with E-state index in [1.54, 1.807) is 5.70 Å². The molecule has 1 aliphatic heterocycles. The normalized spacial score (nSPS) is 24.6. The fourth-order valence-electron chi connectivity index (χ4n) is 2.39. The molecule has 78 valence electrons. The van der Waals surface area contributed by atoms with E-state index < -0.39 is 0 Å². The van der Waals surface area contributed by atoms with E-state index in [1.165, 1.54) is 44.3 Å². The van der Waals surface area contributed by atoms with Gasteiger partial charge in [0, 0.05) is 18.8 Å². The van der Waals surface area contributed by atoms with Crippen LogP contribution in [0.2, 0.25) is 0 Å². The smallest absolute Gasteiger partial charge is 0.0177 e. The van der Waals surface area contributed by atoms with Crippen LogP contribution in [0.3, 0.4) is 0 Å². The van der Waals surface area contributed by atoms with Gasteiger partial charge in [0.25, 0.3) is 0 Å². The molecule has 2 rings (SSSR count). The van der Waals surface area contributed by atoms with Crippen LogP contribution in [-0.4, -0.2) is 18.0 Å². The molecule has 0 spiro atoms. The lowest BCUT2D eigenvalue weighted by molar-refractivity contribution is 0.231. The summed E-state index contributed by atoms with van der Waals surface area (Å²) in [5, 5.41) is 0. The average Bonchev–Trinajstić information content (AvgIpc) is 2.19. The molecule has 0 unspecified atom stereocenters. The van der Waals surface area contributed by atoms with Crippen LogP contribution in [0.4, 0.5) is 0 Å². The summed E-state index contributed by atoms with van der Waals surface area (Å²) in [5.41, 5.74) is 3.03. The number of piperidine rings is 1. The van der Waals surface area contributed by atoms with Crippen LogP contribution in [0.15, 0.2) is 23.4 Å². The standard InChI is InChI=1S/C13H21N/c1-11-6-8-14(9-7-11)13-5-3-4-12(2)10-13/h4,10-11H,3,5-9H2,1-2H3. The van der Waals surface area contributed by atoms with E-state index in [4.69, 9.17) is 0 Å². The van der Waals surface area contributed by atoms with Gasteiger partial charge in [-0.3, -0.25) is 0 Å². The third-order valence-corrected chi connectivity index (χ3v) is 3.45. The maximum atomic E-state index is 2.59. The maximum absolute atomic E-state index is 2.59. The summed E-state index contributed by atoms with van der Waals surface area (Å²) in [4.78, 5) is 2.59. The van der Waals surface area contributed by atoms with Gasteiger partial charge in [0.05, 0.1) is 0 Å². The van der Waals surface area contributed by atoms with Crippen LogP contribution in [0.25, 0.3) is 0 Å². The highest BCUT2D eigenvalue weighted by molar-refractivity contribution is 5.25. The van der Waals surface area contributed by atoms with Gasteiger partial charge in [0.15, 0.2) is 0 Å². The van der Waals surface area contributed by atoms with Gasteiger partial charge in [-0.15, -0.1) is 0 Å². The summed E-state index contributed by atoms with van der Waals surface area (Å²) in [6, 6.07) is 0. The van der Waals surface area contributed by atoms with Gasteiger partial charge in [-0.25, -0.2) is 0 Å². The lowest BCUT2D eigenvalue weighted by atomic mass is 9.96. The minimum Gasteiger partial charge on any atom is -0.375 e. The molecule has 0 saturated carbocycles. The van der Waals surface area contributed by atoms with Gasteiger partial charge in [-0.05, 0) is 44.6 Å². The quantitative estimate of drug-likeness (QED) is 0.614. The van der Waals surface area contributed by atoms with Gasteiger partial charge in [-0.2, -0.15) is 0 Å². The largest absolute Gasteiger partial charge is 0.375 e. The van der Waals surface area contributed by atoms with Crippen molar-refractivity contribution < 1.29 is 0 Å². The molecular weight excluding hydrogens is 170 g/mol. The Balaban J connectivity index is 1.98. The Hall–Kier alpha value is -0.720. The van der Waals surface area contributed by atoms with Crippen molar-refractivity contribution in [3.05, 3.63) is 23.4 Å². The number of hydrogen-bond donors (Lipinski definition) is 0.